The maximum absolute atomic E-state index is 4.02. The molecule has 0 radical (unpaired) electrons. The molecule has 0 aromatic heterocycles. The Labute approximate surface area is 191 Å². The Kier molecular flexibility index (Phi) is 16.2. The summed E-state index contributed by atoms with van der Waals surface area (Å²) in [7, 11) is -2.67. The Hall–Kier alpha value is 0.352. The third-order valence-electron chi connectivity index (χ3n) is 5.27. The molecule has 0 nitrogen and oxygen atoms in total. The van der Waals surface area contributed by atoms with Gasteiger partial charge in [0.05, 0.1) is 0 Å². The van der Waals surface area contributed by atoms with E-state index in [2.05, 4.69) is 72.1 Å². The standard InChI is InChI=1S/2C8H17.2C5H9Si.Sn/c2*1-3-5-7-8-6-4-2;2*1-5-6(2,3)4;/h2*1,3-8H2,2H3;2*2-4H3;. The fourth-order valence-electron chi connectivity index (χ4n) is 3.43. The summed E-state index contributed by atoms with van der Waals surface area (Å²) in [6.07, 6.45) is 16.7. The van der Waals surface area contributed by atoms with Gasteiger partial charge in [0.15, 0.2) is 0 Å². The SMILES string of the molecule is CCCCCCC[CH2][Sn]([C]#C[Si](C)(C)C)([C]#C[Si](C)(C)C)[CH2]CCCCCCC. The van der Waals surface area contributed by atoms with Gasteiger partial charge in [0.25, 0.3) is 0 Å². The third kappa shape index (κ3) is 18.8. The van der Waals surface area contributed by atoms with Crippen LogP contribution >= 0.6 is 0 Å². The second-order valence-electron chi connectivity index (χ2n) is 11.1. The van der Waals surface area contributed by atoms with Crippen molar-refractivity contribution in [3.05, 3.63) is 0 Å². The molecule has 0 saturated heterocycles. The predicted octanol–water partition coefficient (Wildman–Crippen LogP) is 9.00. The zero-order valence-electron chi connectivity index (χ0n) is 21.4. The Morgan fingerprint density at radius 3 is 1.10 bits per heavy atom. The molecule has 0 atom stereocenters. The normalized spacial score (nSPS) is 12.1. The Morgan fingerprint density at radius 1 is 0.483 bits per heavy atom. The van der Waals surface area contributed by atoms with Crippen LogP contribution in [0, 0.1) is 19.0 Å². The van der Waals surface area contributed by atoms with Gasteiger partial charge >= 0.3 is 193 Å². The number of hydrogen-bond donors (Lipinski definition) is 0. The van der Waals surface area contributed by atoms with Crippen molar-refractivity contribution < 1.29 is 0 Å². The van der Waals surface area contributed by atoms with Crippen molar-refractivity contribution in [2.45, 2.75) is 139 Å². The average molecular weight is 540 g/mol. The zero-order chi connectivity index (χ0) is 22.2. The molecule has 0 rings (SSSR count). The van der Waals surface area contributed by atoms with E-state index in [-0.39, 0.29) is 0 Å². The van der Waals surface area contributed by atoms with Crippen molar-refractivity contribution in [3.8, 4) is 19.0 Å². The van der Waals surface area contributed by atoms with E-state index in [1.54, 1.807) is 0 Å². The van der Waals surface area contributed by atoms with E-state index in [0.29, 0.717) is 0 Å². The molecule has 0 heterocycles. The van der Waals surface area contributed by atoms with Gasteiger partial charge in [-0.3, -0.25) is 0 Å². The number of hydrogen-bond acceptors (Lipinski definition) is 0. The number of rotatable bonds is 14. The Balaban J connectivity index is 5.28. The summed E-state index contributed by atoms with van der Waals surface area (Å²) >= 11 is -2.71. The monoisotopic (exact) mass is 540 g/mol. The van der Waals surface area contributed by atoms with Crippen LogP contribution in [0.4, 0.5) is 0 Å². The molecule has 0 aliphatic rings. The molecule has 0 unspecified atom stereocenters. The number of unbranched alkanes of at least 4 members (excludes halogenated alkanes) is 10. The van der Waals surface area contributed by atoms with Crippen LogP contribution in [0.5, 0.6) is 0 Å². The topological polar surface area (TPSA) is 0 Å². The van der Waals surface area contributed by atoms with Crippen LogP contribution in [0.25, 0.3) is 0 Å². The molecule has 0 amide bonds. The summed E-state index contributed by atoms with van der Waals surface area (Å²) in [5.74, 6) is 0. The van der Waals surface area contributed by atoms with Crippen LogP contribution in [0.1, 0.15) is 90.9 Å². The molecule has 0 aliphatic carbocycles. The quantitative estimate of drug-likeness (QED) is 0.117. The summed E-state index contributed by atoms with van der Waals surface area (Å²) in [4.78, 5) is 0. The first kappa shape index (κ1) is 29.4. The first-order chi connectivity index (χ1) is 13.5. The molecule has 0 spiro atoms. The van der Waals surface area contributed by atoms with Crippen LogP contribution in [0.15, 0.2) is 0 Å². The van der Waals surface area contributed by atoms with Crippen molar-refractivity contribution in [2.24, 2.45) is 0 Å². The van der Waals surface area contributed by atoms with E-state index in [9.17, 15) is 0 Å². The van der Waals surface area contributed by atoms with Gasteiger partial charge in [-0.25, -0.2) is 0 Å². The van der Waals surface area contributed by atoms with Crippen molar-refractivity contribution >= 4 is 34.5 Å². The molecule has 0 fully saturated rings. The molecule has 29 heavy (non-hydrogen) atoms. The molecule has 0 aromatic carbocycles. The van der Waals surface area contributed by atoms with Gasteiger partial charge in [-0.05, 0) is 0 Å². The van der Waals surface area contributed by atoms with E-state index in [4.69, 9.17) is 0 Å². The van der Waals surface area contributed by atoms with Crippen LogP contribution in [-0.2, 0) is 0 Å². The Bertz CT molecular complexity index is 482. The fourth-order valence-corrected chi connectivity index (χ4v) is 22.4. The van der Waals surface area contributed by atoms with Gasteiger partial charge in [0.1, 0.15) is 0 Å². The third-order valence-corrected chi connectivity index (χ3v) is 18.8. The van der Waals surface area contributed by atoms with E-state index in [1.165, 1.54) is 85.9 Å². The summed E-state index contributed by atoms with van der Waals surface area (Å²) in [5.41, 5.74) is 7.63. The Morgan fingerprint density at radius 2 is 0.793 bits per heavy atom. The molecule has 0 aromatic rings. The van der Waals surface area contributed by atoms with Gasteiger partial charge in [-0.2, -0.15) is 0 Å². The first-order valence-corrected chi connectivity index (χ1v) is 26.5. The van der Waals surface area contributed by atoms with E-state index in [0.717, 1.165) is 0 Å². The maximum atomic E-state index is 4.02. The molecule has 0 aliphatic heterocycles. The molecule has 0 bridgehead atoms. The summed E-state index contributed by atoms with van der Waals surface area (Å²) in [6.45, 7) is 19.0. The first-order valence-electron chi connectivity index (χ1n) is 12.6. The predicted molar refractivity (Wildman–Crippen MR) is 144 cm³/mol. The van der Waals surface area contributed by atoms with E-state index < -0.39 is 34.5 Å². The summed E-state index contributed by atoms with van der Waals surface area (Å²) in [6, 6.07) is 0. The van der Waals surface area contributed by atoms with Crippen molar-refractivity contribution in [3.63, 3.8) is 0 Å². The van der Waals surface area contributed by atoms with Crippen LogP contribution in [-0.4, -0.2) is 34.5 Å². The molecular weight excluding hydrogens is 487 g/mol. The average Bonchev–Trinajstić information content (AvgIpc) is 2.62. The van der Waals surface area contributed by atoms with E-state index >= 15 is 0 Å². The molecule has 168 valence electrons. The summed E-state index contributed by atoms with van der Waals surface area (Å²) < 4.78 is 10.8. The minimum atomic E-state index is -2.71. The second-order valence-corrected chi connectivity index (χ2v) is 31.1. The molecular formula is C26H52Si2Sn. The van der Waals surface area contributed by atoms with Crippen LogP contribution in [0.3, 0.4) is 0 Å². The van der Waals surface area contributed by atoms with Gasteiger partial charge in [-0.1, -0.05) is 0 Å². The van der Waals surface area contributed by atoms with Gasteiger partial charge in [0, 0.05) is 0 Å². The van der Waals surface area contributed by atoms with E-state index in [1.807, 2.05) is 0 Å². The fraction of sp³-hybridized carbons (Fsp3) is 0.846. The summed E-state index contributed by atoms with van der Waals surface area (Å²) in [5, 5.41) is 0. The minimum absolute atomic E-state index is 1.34. The molecule has 0 saturated carbocycles. The molecule has 3 heteroatoms. The van der Waals surface area contributed by atoms with Gasteiger partial charge < -0.3 is 0 Å². The zero-order valence-corrected chi connectivity index (χ0v) is 26.3. The van der Waals surface area contributed by atoms with Crippen molar-refractivity contribution in [2.75, 3.05) is 0 Å². The van der Waals surface area contributed by atoms with Crippen molar-refractivity contribution in [1.29, 1.82) is 0 Å². The van der Waals surface area contributed by atoms with Gasteiger partial charge in [-0.15, -0.1) is 0 Å². The van der Waals surface area contributed by atoms with Crippen LogP contribution in [0.2, 0.25) is 48.2 Å². The van der Waals surface area contributed by atoms with Gasteiger partial charge in [0.2, 0.25) is 0 Å². The van der Waals surface area contributed by atoms with Crippen LogP contribution < -0.4 is 0 Å². The molecule has 0 N–H and O–H groups in total. The second kappa shape index (κ2) is 16.1. The van der Waals surface area contributed by atoms with Crippen molar-refractivity contribution in [1.82, 2.24) is 0 Å².